The molecular weight excluding hydrogens is 298 g/mol. The number of hydrogen-bond donors (Lipinski definition) is 2. The van der Waals surface area contributed by atoms with Gasteiger partial charge in [0, 0.05) is 17.6 Å². The molecule has 100 valence electrons. The van der Waals surface area contributed by atoms with Crippen LogP contribution in [0.1, 0.15) is 18.9 Å². The highest BCUT2D eigenvalue weighted by atomic mass is 79.9. The highest BCUT2D eigenvalue weighted by molar-refractivity contribution is 9.10. The third kappa shape index (κ3) is 5.62. The quantitative estimate of drug-likeness (QED) is 0.754. The molecular formula is C13H18BrNO3. The maximum atomic E-state index is 11.1. The molecule has 0 aliphatic rings. The Balaban J connectivity index is 2.25. The molecule has 0 heterocycles. The largest absolute Gasteiger partial charge is 0.466 e. The first-order valence-corrected chi connectivity index (χ1v) is 6.70. The zero-order valence-electron chi connectivity index (χ0n) is 10.4. The van der Waals surface area contributed by atoms with Crippen molar-refractivity contribution in [3.05, 3.63) is 34.3 Å². The summed E-state index contributed by atoms with van der Waals surface area (Å²) in [6, 6.07) is 7.86. The monoisotopic (exact) mass is 315 g/mol. The van der Waals surface area contributed by atoms with Crippen LogP contribution < -0.4 is 5.32 Å². The molecule has 0 amide bonds. The van der Waals surface area contributed by atoms with Crippen molar-refractivity contribution in [3.63, 3.8) is 0 Å². The van der Waals surface area contributed by atoms with Gasteiger partial charge < -0.3 is 15.2 Å². The normalized spacial score (nSPS) is 12.2. The van der Waals surface area contributed by atoms with Gasteiger partial charge in [0.1, 0.15) is 0 Å². The number of aliphatic hydroxyl groups is 1. The fourth-order valence-corrected chi connectivity index (χ4v) is 1.92. The van der Waals surface area contributed by atoms with Gasteiger partial charge in [0.15, 0.2) is 0 Å². The van der Waals surface area contributed by atoms with Gasteiger partial charge >= 0.3 is 5.97 Å². The highest BCUT2D eigenvalue weighted by Crippen LogP contribution is 2.15. The molecule has 5 heteroatoms. The summed E-state index contributed by atoms with van der Waals surface area (Å²) < 4.78 is 5.79. The van der Waals surface area contributed by atoms with E-state index in [4.69, 9.17) is 4.74 Å². The molecule has 0 bridgehead atoms. The van der Waals surface area contributed by atoms with E-state index in [0.717, 1.165) is 10.0 Å². The Morgan fingerprint density at radius 3 is 2.89 bits per heavy atom. The smallest absolute Gasteiger partial charge is 0.308 e. The van der Waals surface area contributed by atoms with Crippen molar-refractivity contribution in [3.8, 4) is 0 Å². The minimum atomic E-state index is -0.716. The summed E-state index contributed by atoms with van der Waals surface area (Å²) in [6.07, 6.45) is -0.692. The molecule has 1 rings (SSSR count). The average Bonchev–Trinajstić information content (AvgIpc) is 2.31. The summed E-state index contributed by atoms with van der Waals surface area (Å²) in [4.78, 5) is 11.1. The number of esters is 1. The van der Waals surface area contributed by atoms with Gasteiger partial charge in [-0.05, 0) is 18.6 Å². The van der Waals surface area contributed by atoms with E-state index in [1.54, 1.807) is 6.92 Å². The van der Waals surface area contributed by atoms with Crippen molar-refractivity contribution in [1.29, 1.82) is 0 Å². The molecule has 0 fully saturated rings. The molecule has 0 radical (unpaired) electrons. The molecule has 4 nitrogen and oxygen atoms in total. The van der Waals surface area contributed by atoms with Gasteiger partial charge in [0.2, 0.25) is 0 Å². The minimum absolute atomic E-state index is 0.0246. The number of aliphatic hydroxyl groups excluding tert-OH is 1. The van der Waals surface area contributed by atoms with Crippen molar-refractivity contribution in [1.82, 2.24) is 5.32 Å². The van der Waals surface area contributed by atoms with Crippen LogP contribution in [0.15, 0.2) is 28.7 Å². The lowest BCUT2D eigenvalue weighted by atomic mass is 10.2. The second kappa shape index (κ2) is 8.24. The Morgan fingerprint density at radius 1 is 1.50 bits per heavy atom. The molecule has 0 aliphatic heterocycles. The van der Waals surface area contributed by atoms with Crippen molar-refractivity contribution in [2.24, 2.45) is 0 Å². The van der Waals surface area contributed by atoms with Gasteiger partial charge in [-0.3, -0.25) is 4.79 Å². The van der Waals surface area contributed by atoms with E-state index in [1.807, 2.05) is 24.3 Å². The number of hydrogen-bond acceptors (Lipinski definition) is 4. The molecule has 2 N–H and O–H groups in total. The molecule has 1 aromatic carbocycles. The van der Waals surface area contributed by atoms with Crippen LogP contribution in [0.3, 0.4) is 0 Å². The van der Waals surface area contributed by atoms with E-state index in [-0.39, 0.29) is 12.4 Å². The van der Waals surface area contributed by atoms with E-state index in [0.29, 0.717) is 19.7 Å². The first-order chi connectivity index (χ1) is 8.63. The SMILES string of the molecule is CCOC(=O)CC(O)CNCc1ccccc1Br. The van der Waals surface area contributed by atoms with E-state index < -0.39 is 6.10 Å². The third-order valence-electron chi connectivity index (χ3n) is 2.36. The van der Waals surface area contributed by atoms with Crippen LogP contribution in [0.4, 0.5) is 0 Å². The van der Waals surface area contributed by atoms with Gasteiger partial charge in [0.05, 0.1) is 19.1 Å². The number of carbonyl (C=O) groups is 1. The fourth-order valence-electron chi connectivity index (χ4n) is 1.50. The Morgan fingerprint density at radius 2 is 2.22 bits per heavy atom. The number of carbonyl (C=O) groups excluding carboxylic acids is 1. The third-order valence-corrected chi connectivity index (χ3v) is 3.13. The van der Waals surface area contributed by atoms with Crippen LogP contribution in [0.2, 0.25) is 0 Å². The zero-order chi connectivity index (χ0) is 13.4. The summed E-state index contributed by atoms with van der Waals surface area (Å²) in [6.45, 7) is 3.09. The predicted molar refractivity (Wildman–Crippen MR) is 73.1 cm³/mol. The molecule has 1 aromatic rings. The van der Waals surface area contributed by atoms with Gasteiger partial charge in [0.25, 0.3) is 0 Å². The first-order valence-electron chi connectivity index (χ1n) is 5.91. The lowest BCUT2D eigenvalue weighted by Crippen LogP contribution is -2.29. The highest BCUT2D eigenvalue weighted by Gasteiger charge is 2.11. The number of nitrogens with one attached hydrogen (secondary N) is 1. The minimum Gasteiger partial charge on any atom is -0.466 e. The van der Waals surface area contributed by atoms with Crippen LogP contribution in [-0.2, 0) is 16.1 Å². The number of rotatable bonds is 7. The maximum absolute atomic E-state index is 11.1. The molecule has 0 aromatic heterocycles. The van der Waals surface area contributed by atoms with E-state index in [2.05, 4.69) is 21.2 Å². The molecule has 0 saturated heterocycles. The van der Waals surface area contributed by atoms with Crippen LogP contribution in [-0.4, -0.2) is 30.3 Å². The van der Waals surface area contributed by atoms with E-state index in [1.165, 1.54) is 0 Å². The average molecular weight is 316 g/mol. The Kier molecular flexibility index (Phi) is 6.93. The Labute approximate surface area is 115 Å². The van der Waals surface area contributed by atoms with Crippen LogP contribution in [0, 0.1) is 0 Å². The second-order valence-corrected chi connectivity index (χ2v) is 4.74. The Bertz CT molecular complexity index is 384. The number of benzene rings is 1. The summed E-state index contributed by atoms with van der Waals surface area (Å²) in [5.41, 5.74) is 1.11. The summed E-state index contributed by atoms with van der Waals surface area (Å²) in [7, 11) is 0. The lowest BCUT2D eigenvalue weighted by Gasteiger charge is -2.11. The standard InChI is InChI=1S/C13H18BrNO3/c1-2-18-13(17)7-11(16)9-15-8-10-5-3-4-6-12(10)14/h3-6,11,15-16H,2,7-9H2,1H3. The zero-order valence-corrected chi connectivity index (χ0v) is 11.9. The summed E-state index contributed by atoms with van der Waals surface area (Å²) >= 11 is 3.45. The summed E-state index contributed by atoms with van der Waals surface area (Å²) in [5.74, 6) is -0.368. The van der Waals surface area contributed by atoms with Gasteiger partial charge in [-0.25, -0.2) is 0 Å². The van der Waals surface area contributed by atoms with Crippen LogP contribution >= 0.6 is 15.9 Å². The van der Waals surface area contributed by atoms with Gasteiger partial charge in [-0.2, -0.15) is 0 Å². The fraction of sp³-hybridized carbons (Fsp3) is 0.462. The molecule has 1 unspecified atom stereocenters. The van der Waals surface area contributed by atoms with E-state index >= 15 is 0 Å². The predicted octanol–water partition coefficient (Wildman–Crippen LogP) is 1.85. The van der Waals surface area contributed by atoms with Crippen LogP contribution in [0.5, 0.6) is 0 Å². The second-order valence-electron chi connectivity index (χ2n) is 3.89. The van der Waals surface area contributed by atoms with E-state index in [9.17, 15) is 9.90 Å². The topological polar surface area (TPSA) is 58.6 Å². The van der Waals surface area contributed by atoms with Gasteiger partial charge in [-0.1, -0.05) is 34.1 Å². The van der Waals surface area contributed by atoms with Crippen LogP contribution in [0.25, 0.3) is 0 Å². The molecule has 0 spiro atoms. The maximum Gasteiger partial charge on any atom is 0.308 e. The molecule has 0 saturated carbocycles. The van der Waals surface area contributed by atoms with Crippen molar-refractivity contribution >= 4 is 21.9 Å². The van der Waals surface area contributed by atoms with Gasteiger partial charge in [-0.15, -0.1) is 0 Å². The number of halogens is 1. The molecule has 1 atom stereocenters. The number of ether oxygens (including phenoxy) is 1. The first kappa shape index (κ1) is 15.1. The summed E-state index contributed by atoms with van der Waals surface area (Å²) in [5, 5.41) is 12.7. The van der Waals surface area contributed by atoms with Crippen molar-refractivity contribution < 1.29 is 14.6 Å². The van der Waals surface area contributed by atoms with Crippen molar-refractivity contribution in [2.75, 3.05) is 13.2 Å². The Hall–Kier alpha value is -0.910. The molecule has 0 aliphatic carbocycles. The molecule has 18 heavy (non-hydrogen) atoms. The van der Waals surface area contributed by atoms with Crippen molar-refractivity contribution in [2.45, 2.75) is 26.0 Å². The lowest BCUT2D eigenvalue weighted by molar-refractivity contribution is -0.145.